The van der Waals surface area contributed by atoms with Gasteiger partial charge < -0.3 is 26.0 Å². The summed E-state index contributed by atoms with van der Waals surface area (Å²) < 4.78 is 0. The van der Waals surface area contributed by atoms with E-state index in [1.807, 2.05) is 54.3 Å². The molecule has 3 aliphatic rings. The Hall–Kier alpha value is -5.17. The number of hydrogen-bond acceptors (Lipinski definition) is 9. The van der Waals surface area contributed by atoms with Crippen LogP contribution < -0.4 is 16.0 Å². The molecule has 3 heterocycles. The quantitative estimate of drug-likeness (QED) is 0.0788. The number of benzene rings is 2. The molecular weight excluding hydrogens is 684 g/mol. The normalized spacial score (nSPS) is 17.9. The number of carbonyl (C=O) groups excluding carboxylic acids is 1. The van der Waals surface area contributed by atoms with E-state index >= 15 is 0 Å². The van der Waals surface area contributed by atoms with Crippen molar-refractivity contribution in [1.29, 1.82) is 0 Å². The van der Waals surface area contributed by atoms with E-state index in [0.29, 0.717) is 48.5 Å². The number of carbonyl (C=O) groups is 3. The van der Waals surface area contributed by atoms with Crippen molar-refractivity contribution in [2.45, 2.75) is 95.8 Å². The number of hydrogen-bond donors (Lipinski definition) is 6. The van der Waals surface area contributed by atoms with E-state index in [4.69, 9.17) is 0 Å². The van der Waals surface area contributed by atoms with Crippen molar-refractivity contribution in [1.82, 2.24) is 20.2 Å². The Balaban J connectivity index is 1.08. The van der Waals surface area contributed by atoms with Gasteiger partial charge in [0.05, 0.1) is 6.61 Å². The van der Waals surface area contributed by atoms with Crippen molar-refractivity contribution in [3.05, 3.63) is 100.0 Å². The van der Waals surface area contributed by atoms with Crippen LogP contribution in [0.3, 0.4) is 0 Å². The predicted octanol–water partition coefficient (Wildman–Crippen LogP) is 6.49. The molecule has 7 rings (SSSR count). The lowest BCUT2D eigenvalue weighted by Crippen LogP contribution is -2.44. The highest BCUT2D eigenvalue weighted by molar-refractivity contribution is 6.04. The first-order chi connectivity index (χ1) is 26.1. The van der Waals surface area contributed by atoms with Gasteiger partial charge in [0.15, 0.2) is 0 Å². The second-order valence-corrected chi connectivity index (χ2v) is 14.9. The molecule has 2 aromatic heterocycles. The zero-order valence-electron chi connectivity index (χ0n) is 30.8. The Morgan fingerprint density at radius 2 is 1.48 bits per heavy atom. The Kier molecular flexibility index (Phi) is 11.0. The summed E-state index contributed by atoms with van der Waals surface area (Å²) in [6, 6.07) is 14.3. The largest absolute Gasteiger partial charge is 0.480 e. The average molecular weight is 733 g/mol. The van der Waals surface area contributed by atoms with Gasteiger partial charge in [-0.05, 0) is 140 Å². The number of carboxylic acids is 2. The Morgan fingerprint density at radius 3 is 2.13 bits per heavy atom. The molecule has 2 aliphatic carbocycles. The first-order valence-electron chi connectivity index (χ1n) is 18.9. The third kappa shape index (κ3) is 8.30. The number of anilines is 3. The van der Waals surface area contributed by atoms with Gasteiger partial charge in [0.2, 0.25) is 0 Å². The summed E-state index contributed by atoms with van der Waals surface area (Å²) in [4.78, 5) is 48.2. The lowest BCUT2D eigenvalue weighted by molar-refractivity contribution is -0.145. The van der Waals surface area contributed by atoms with Gasteiger partial charge in [0.25, 0.3) is 5.91 Å². The molecule has 4 aromatic rings. The molecule has 1 saturated heterocycles. The molecule has 12 nitrogen and oxygen atoms in total. The zero-order chi connectivity index (χ0) is 37.9. The van der Waals surface area contributed by atoms with Crippen molar-refractivity contribution in [3.8, 4) is 11.1 Å². The van der Waals surface area contributed by atoms with Gasteiger partial charge in [-0.25, -0.2) is 4.98 Å². The third-order valence-corrected chi connectivity index (χ3v) is 11.1. The van der Waals surface area contributed by atoms with Crippen LogP contribution in [-0.2, 0) is 22.7 Å². The van der Waals surface area contributed by atoms with Gasteiger partial charge in [0.1, 0.15) is 23.6 Å². The topological polar surface area (TPSA) is 177 Å². The first kappa shape index (κ1) is 37.2. The number of carboxylic acid groups (broad SMARTS) is 2. The zero-order valence-corrected chi connectivity index (χ0v) is 30.8. The Bertz CT molecular complexity index is 2060. The van der Waals surface area contributed by atoms with Gasteiger partial charge in [-0.1, -0.05) is 30.7 Å². The number of aromatic nitrogens is 2. The van der Waals surface area contributed by atoms with Gasteiger partial charge in [-0.3, -0.25) is 29.6 Å². The summed E-state index contributed by atoms with van der Waals surface area (Å²) in [7, 11) is 0. The van der Waals surface area contributed by atoms with E-state index in [0.717, 1.165) is 95.3 Å². The highest BCUT2D eigenvalue weighted by Gasteiger charge is 2.32. The van der Waals surface area contributed by atoms with Crippen LogP contribution in [0.15, 0.2) is 60.9 Å². The van der Waals surface area contributed by atoms with Gasteiger partial charge >= 0.3 is 11.9 Å². The standard InChI is InChI=1S/C42H48N6O6/c1-24-30(7-5-9-34(24)46-39-18-33(27-14-15-27)28(20-45-39)19-44-37(23-49)41(51)52)31-8-6-10-35(25(31)2)47-40(50)36-17-32(26-12-13-26)29(21-43-36)22-48-16-4-3-11-38(48)42(53)54/h5-10,17-18,20-21,26-27,37-38,44,49H,3-4,11-16,19,22-23H2,1-2H3,(H,45,46)(H,47,50)(H,51,52)(H,53,54)/t37-,38?/m1/s1. The van der Waals surface area contributed by atoms with Crippen LogP contribution in [-0.4, -0.2) is 73.3 Å². The highest BCUT2D eigenvalue weighted by Crippen LogP contribution is 2.44. The summed E-state index contributed by atoms with van der Waals surface area (Å²) in [5.74, 6) is -0.708. The second kappa shape index (κ2) is 16.1. The monoisotopic (exact) mass is 732 g/mol. The molecule has 3 fully saturated rings. The number of pyridine rings is 2. The van der Waals surface area contributed by atoms with E-state index in [-0.39, 0.29) is 5.91 Å². The van der Waals surface area contributed by atoms with E-state index in [9.17, 15) is 29.7 Å². The minimum Gasteiger partial charge on any atom is -0.480 e. The van der Waals surface area contributed by atoms with Crippen molar-refractivity contribution in [2.75, 3.05) is 23.8 Å². The fourth-order valence-electron chi connectivity index (χ4n) is 7.61. The number of aliphatic hydroxyl groups is 1. The Morgan fingerprint density at radius 1 is 0.833 bits per heavy atom. The lowest BCUT2D eigenvalue weighted by Gasteiger charge is -2.33. The fourth-order valence-corrected chi connectivity index (χ4v) is 7.61. The molecule has 2 saturated carbocycles. The van der Waals surface area contributed by atoms with Crippen LogP contribution in [0, 0.1) is 13.8 Å². The maximum absolute atomic E-state index is 13.7. The van der Waals surface area contributed by atoms with Crippen molar-refractivity contribution < 1.29 is 29.7 Å². The Labute approximate surface area is 315 Å². The molecule has 0 radical (unpaired) electrons. The lowest BCUT2D eigenvalue weighted by atomic mass is 9.94. The summed E-state index contributed by atoms with van der Waals surface area (Å²) >= 11 is 0. The van der Waals surface area contributed by atoms with Crippen LogP contribution in [0.25, 0.3) is 11.1 Å². The molecule has 12 heteroatoms. The summed E-state index contributed by atoms with van der Waals surface area (Å²) in [6.07, 6.45) is 10.3. The minimum atomic E-state index is -1.09. The number of nitrogens with zero attached hydrogens (tertiary/aromatic N) is 3. The fraction of sp³-hybridized carbons (Fsp3) is 0.405. The maximum Gasteiger partial charge on any atom is 0.323 e. The average Bonchev–Trinajstić information content (AvgIpc) is 4.09. The van der Waals surface area contributed by atoms with Gasteiger partial charge in [-0.15, -0.1) is 0 Å². The molecule has 54 heavy (non-hydrogen) atoms. The minimum absolute atomic E-state index is 0.289. The van der Waals surface area contributed by atoms with Crippen molar-refractivity contribution >= 4 is 35.0 Å². The number of amides is 1. The second-order valence-electron chi connectivity index (χ2n) is 14.9. The van der Waals surface area contributed by atoms with Gasteiger partial charge in [-0.2, -0.15) is 0 Å². The van der Waals surface area contributed by atoms with E-state index in [1.54, 1.807) is 12.4 Å². The molecule has 0 bridgehead atoms. The van der Waals surface area contributed by atoms with Crippen LogP contribution >= 0.6 is 0 Å². The third-order valence-electron chi connectivity index (χ3n) is 11.1. The summed E-state index contributed by atoms with van der Waals surface area (Å²) in [5, 5.41) is 38.0. The molecular formula is C42H48N6O6. The number of rotatable bonds is 15. The molecule has 282 valence electrons. The SMILES string of the molecule is Cc1c(NC(=O)c2cc(C3CC3)c(CN3CCCCC3C(=O)O)cn2)cccc1-c1cccc(Nc2cc(C3CC3)c(CN[C@H](CO)C(=O)O)cn2)c1C. The molecule has 1 amide bonds. The van der Waals surface area contributed by atoms with E-state index < -0.39 is 30.6 Å². The molecule has 1 unspecified atom stereocenters. The molecule has 0 spiro atoms. The van der Waals surface area contributed by atoms with E-state index in [2.05, 4.69) is 38.9 Å². The van der Waals surface area contributed by atoms with Crippen LogP contribution in [0.2, 0.25) is 0 Å². The van der Waals surface area contributed by atoms with Crippen LogP contribution in [0.5, 0.6) is 0 Å². The predicted molar refractivity (Wildman–Crippen MR) is 206 cm³/mol. The number of nitrogens with one attached hydrogen (secondary N) is 3. The summed E-state index contributed by atoms with van der Waals surface area (Å²) in [6.45, 7) is 5.12. The van der Waals surface area contributed by atoms with Crippen molar-refractivity contribution in [2.24, 2.45) is 0 Å². The number of piperidine rings is 1. The summed E-state index contributed by atoms with van der Waals surface area (Å²) in [5.41, 5.74) is 9.99. The molecule has 2 atom stereocenters. The first-order valence-corrected chi connectivity index (χ1v) is 18.9. The number of aliphatic hydroxyl groups excluding tert-OH is 1. The molecule has 1 aliphatic heterocycles. The molecule has 6 N–H and O–H groups in total. The number of aliphatic carboxylic acids is 2. The smallest absolute Gasteiger partial charge is 0.323 e. The highest BCUT2D eigenvalue weighted by atomic mass is 16.4. The van der Waals surface area contributed by atoms with Gasteiger partial charge in [0, 0.05) is 36.9 Å². The van der Waals surface area contributed by atoms with Crippen LogP contribution in [0.1, 0.15) is 101 Å². The maximum atomic E-state index is 13.7. The molecule has 2 aromatic carbocycles. The van der Waals surface area contributed by atoms with Crippen molar-refractivity contribution in [3.63, 3.8) is 0 Å². The van der Waals surface area contributed by atoms with Crippen LogP contribution in [0.4, 0.5) is 17.2 Å². The number of likely N-dealkylation sites (tertiary alicyclic amines) is 1. The van der Waals surface area contributed by atoms with E-state index in [1.165, 1.54) is 0 Å².